The zero-order chi connectivity index (χ0) is 17.5. The average molecular weight is 335 g/mol. The average Bonchev–Trinajstić information content (AvgIpc) is 2.64. The smallest absolute Gasteiger partial charge is 0.255 e. The molecular weight excluding hydrogens is 317 g/mol. The van der Waals surface area contributed by atoms with Crippen molar-refractivity contribution in [3.8, 4) is 0 Å². The van der Waals surface area contributed by atoms with E-state index >= 15 is 0 Å². The highest BCUT2D eigenvalue weighted by Crippen LogP contribution is 2.12. The van der Waals surface area contributed by atoms with Crippen LogP contribution in [0.25, 0.3) is 0 Å². The normalized spacial score (nSPS) is 10.3. The SMILES string of the molecule is O=C(Nc1ccc(NCCc2ccccc2)nc1)c1ccc(F)cc1. The van der Waals surface area contributed by atoms with Crippen LogP contribution in [0, 0.1) is 5.82 Å². The van der Waals surface area contributed by atoms with Crippen molar-refractivity contribution >= 4 is 17.4 Å². The van der Waals surface area contributed by atoms with Crippen molar-refractivity contribution in [3.05, 3.63) is 89.9 Å². The van der Waals surface area contributed by atoms with Gasteiger partial charge in [-0.2, -0.15) is 0 Å². The van der Waals surface area contributed by atoms with Crippen molar-refractivity contribution in [2.45, 2.75) is 6.42 Å². The summed E-state index contributed by atoms with van der Waals surface area (Å²) in [6.45, 7) is 0.776. The molecule has 0 atom stereocenters. The van der Waals surface area contributed by atoms with Gasteiger partial charge in [-0.1, -0.05) is 30.3 Å². The Morgan fingerprint density at radius 3 is 2.40 bits per heavy atom. The third kappa shape index (κ3) is 4.88. The van der Waals surface area contributed by atoms with Crippen LogP contribution in [0.3, 0.4) is 0 Å². The van der Waals surface area contributed by atoms with E-state index in [1.54, 1.807) is 12.3 Å². The van der Waals surface area contributed by atoms with E-state index in [9.17, 15) is 9.18 Å². The fraction of sp³-hybridized carbons (Fsp3) is 0.100. The molecule has 5 heteroatoms. The number of nitrogens with one attached hydrogen (secondary N) is 2. The number of anilines is 2. The third-order valence-corrected chi connectivity index (χ3v) is 3.69. The number of rotatable bonds is 6. The zero-order valence-corrected chi connectivity index (χ0v) is 13.6. The molecule has 2 aromatic carbocycles. The van der Waals surface area contributed by atoms with Gasteiger partial charge >= 0.3 is 0 Å². The van der Waals surface area contributed by atoms with Crippen molar-refractivity contribution in [1.29, 1.82) is 0 Å². The first-order valence-electron chi connectivity index (χ1n) is 8.01. The van der Waals surface area contributed by atoms with Gasteiger partial charge in [0.25, 0.3) is 5.91 Å². The summed E-state index contributed by atoms with van der Waals surface area (Å²) in [7, 11) is 0. The van der Waals surface area contributed by atoms with Crippen molar-refractivity contribution in [2.24, 2.45) is 0 Å². The number of carbonyl (C=O) groups is 1. The lowest BCUT2D eigenvalue weighted by Crippen LogP contribution is -2.12. The lowest BCUT2D eigenvalue weighted by molar-refractivity contribution is 0.102. The number of benzene rings is 2. The van der Waals surface area contributed by atoms with Gasteiger partial charge in [0, 0.05) is 12.1 Å². The van der Waals surface area contributed by atoms with Crippen LogP contribution in [-0.2, 0) is 6.42 Å². The van der Waals surface area contributed by atoms with E-state index in [-0.39, 0.29) is 11.7 Å². The predicted molar refractivity (Wildman–Crippen MR) is 97.2 cm³/mol. The Bertz CT molecular complexity index is 818. The van der Waals surface area contributed by atoms with Gasteiger partial charge in [0.05, 0.1) is 11.9 Å². The lowest BCUT2D eigenvalue weighted by Gasteiger charge is -2.08. The molecule has 1 aromatic heterocycles. The maximum absolute atomic E-state index is 12.9. The molecule has 0 unspecified atom stereocenters. The summed E-state index contributed by atoms with van der Waals surface area (Å²) in [5.74, 6) is 0.0754. The van der Waals surface area contributed by atoms with E-state index in [1.807, 2.05) is 24.3 Å². The minimum Gasteiger partial charge on any atom is -0.370 e. The number of halogens is 1. The molecule has 0 saturated heterocycles. The highest BCUT2D eigenvalue weighted by Gasteiger charge is 2.06. The quantitative estimate of drug-likeness (QED) is 0.712. The van der Waals surface area contributed by atoms with E-state index in [1.165, 1.54) is 29.8 Å². The number of hydrogen-bond acceptors (Lipinski definition) is 3. The number of aromatic nitrogens is 1. The van der Waals surface area contributed by atoms with Gasteiger partial charge < -0.3 is 10.6 Å². The second-order valence-electron chi connectivity index (χ2n) is 5.56. The molecule has 4 nitrogen and oxygen atoms in total. The van der Waals surface area contributed by atoms with Crippen LogP contribution in [0.4, 0.5) is 15.9 Å². The summed E-state index contributed by atoms with van der Waals surface area (Å²) in [5, 5.41) is 5.98. The minimum absolute atomic E-state index is 0.299. The molecule has 0 fully saturated rings. The first kappa shape index (κ1) is 16.6. The summed E-state index contributed by atoms with van der Waals surface area (Å²) in [5.41, 5.74) is 2.24. The molecule has 1 heterocycles. The fourth-order valence-electron chi connectivity index (χ4n) is 2.36. The second-order valence-corrected chi connectivity index (χ2v) is 5.56. The maximum atomic E-state index is 12.9. The van der Waals surface area contributed by atoms with Crippen molar-refractivity contribution in [1.82, 2.24) is 4.98 Å². The molecule has 2 N–H and O–H groups in total. The van der Waals surface area contributed by atoms with Gasteiger partial charge in [0.15, 0.2) is 0 Å². The monoisotopic (exact) mass is 335 g/mol. The number of carbonyl (C=O) groups excluding carboxylic acids is 1. The van der Waals surface area contributed by atoms with Crippen LogP contribution in [-0.4, -0.2) is 17.4 Å². The first-order valence-corrected chi connectivity index (χ1v) is 8.01. The molecule has 0 spiro atoms. The molecule has 0 aliphatic heterocycles. The molecule has 0 aliphatic rings. The topological polar surface area (TPSA) is 54.0 Å². The highest BCUT2D eigenvalue weighted by atomic mass is 19.1. The highest BCUT2D eigenvalue weighted by molar-refractivity contribution is 6.04. The maximum Gasteiger partial charge on any atom is 0.255 e. The van der Waals surface area contributed by atoms with Crippen LogP contribution in [0.2, 0.25) is 0 Å². The van der Waals surface area contributed by atoms with Crippen LogP contribution in [0.1, 0.15) is 15.9 Å². The van der Waals surface area contributed by atoms with E-state index in [0.29, 0.717) is 11.3 Å². The van der Waals surface area contributed by atoms with Gasteiger partial charge in [-0.05, 0) is 48.4 Å². The van der Waals surface area contributed by atoms with Crippen LogP contribution < -0.4 is 10.6 Å². The largest absolute Gasteiger partial charge is 0.370 e. The molecule has 25 heavy (non-hydrogen) atoms. The van der Waals surface area contributed by atoms with Crippen LogP contribution >= 0.6 is 0 Å². The Balaban J connectivity index is 1.51. The van der Waals surface area contributed by atoms with Crippen molar-refractivity contribution < 1.29 is 9.18 Å². The predicted octanol–water partition coefficient (Wildman–Crippen LogP) is 4.13. The number of amides is 1. The van der Waals surface area contributed by atoms with Gasteiger partial charge in [0.1, 0.15) is 11.6 Å². The molecule has 1 amide bonds. The van der Waals surface area contributed by atoms with Gasteiger partial charge in [-0.3, -0.25) is 4.79 Å². The number of pyridine rings is 1. The fourth-order valence-corrected chi connectivity index (χ4v) is 2.36. The Hall–Kier alpha value is -3.21. The molecule has 0 radical (unpaired) electrons. The summed E-state index contributed by atoms with van der Waals surface area (Å²) in [6.07, 6.45) is 2.50. The molecule has 3 aromatic rings. The Morgan fingerprint density at radius 2 is 1.72 bits per heavy atom. The lowest BCUT2D eigenvalue weighted by atomic mass is 10.1. The molecule has 3 rings (SSSR count). The Kier molecular flexibility index (Phi) is 5.36. The molecule has 0 saturated carbocycles. The molecule has 0 aliphatic carbocycles. The third-order valence-electron chi connectivity index (χ3n) is 3.69. The Morgan fingerprint density at radius 1 is 0.960 bits per heavy atom. The minimum atomic E-state index is -0.371. The van der Waals surface area contributed by atoms with Gasteiger partial charge in [-0.15, -0.1) is 0 Å². The molecule has 126 valence electrons. The second kappa shape index (κ2) is 8.06. The van der Waals surface area contributed by atoms with Crippen LogP contribution in [0.5, 0.6) is 0 Å². The van der Waals surface area contributed by atoms with Gasteiger partial charge in [0.2, 0.25) is 0 Å². The van der Waals surface area contributed by atoms with Crippen molar-refractivity contribution in [3.63, 3.8) is 0 Å². The number of nitrogens with zero attached hydrogens (tertiary/aromatic N) is 1. The van der Waals surface area contributed by atoms with E-state index in [0.717, 1.165) is 18.8 Å². The summed E-state index contributed by atoms with van der Waals surface area (Å²) in [6, 6.07) is 19.2. The van der Waals surface area contributed by atoms with E-state index in [2.05, 4.69) is 27.8 Å². The van der Waals surface area contributed by atoms with E-state index in [4.69, 9.17) is 0 Å². The summed E-state index contributed by atoms with van der Waals surface area (Å²) >= 11 is 0. The molecular formula is C20H18FN3O. The number of hydrogen-bond donors (Lipinski definition) is 2. The summed E-state index contributed by atoms with van der Waals surface area (Å²) in [4.78, 5) is 16.3. The van der Waals surface area contributed by atoms with Gasteiger partial charge in [-0.25, -0.2) is 9.37 Å². The van der Waals surface area contributed by atoms with Crippen LogP contribution in [0.15, 0.2) is 72.9 Å². The van der Waals surface area contributed by atoms with E-state index < -0.39 is 0 Å². The zero-order valence-electron chi connectivity index (χ0n) is 13.6. The summed E-state index contributed by atoms with van der Waals surface area (Å²) < 4.78 is 12.9. The molecule has 0 bridgehead atoms. The van der Waals surface area contributed by atoms with Crippen molar-refractivity contribution in [2.75, 3.05) is 17.2 Å². The Labute approximate surface area is 145 Å². The first-order chi connectivity index (χ1) is 12.2. The standard InChI is InChI=1S/C20H18FN3O/c21-17-8-6-16(7-9-17)20(25)24-18-10-11-19(23-14-18)22-13-12-15-4-2-1-3-5-15/h1-11,14H,12-13H2,(H,22,23)(H,24,25).